The number of nitrogens with one attached hydrogen (secondary N) is 1. The van der Waals surface area contributed by atoms with Gasteiger partial charge in [0.05, 0.1) is 24.2 Å². The average molecular weight is 345 g/mol. The molecule has 25 heavy (non-hydrogen) atoms. The highest BCUT2D eigenvalue weighted by molar-refractivity contribution is 5.78. The normalized spacial score (nSPS) is 12.3. The van der Waals surface area contributed by atoms with Crippen molar-refractivity contribution in [2.45, 2.75) is 12.6 Å². The number of aromatic nitrogens is 2. The van der Waals surface area contributed by atoms with Crippen LogP contribution in [0.1, 0.15) is 0 Å². The number of fused-ring (bicyclic) bond motifs is 1. The van der Waals surface area contributed by atoms with E-state index in [2.05, 4.69) is 10.3 Å². The maximum atomic E-state index is 12.9. The minimum atomic E-state index is -0.780. The second-order valence-electron chi connectivity index (χ2n) is 5.60. The monoisotopic (exact) mass is 345 g/mol. The Bertz CT molecular complexity index is 820. The third-order valence-corrected chi connectivity index (χ3v) is 3.70. The zero-order chi connectivity index (χ0) is 17.6. The lowest BCUT2D eigenvalue weighted by molar-refractivity contribution is 0.0938. The molecular weight excluding hydrogens is 325 g/mol. The summed E-state index contributed by atoms with van der Waals surface area (Å²) in [5.41, 5.74) is 1.68. The Morgan fingerprint density at radius 3 is 2.68 bits per heavy atom. The van der Waals surface area contributed by atoms with Crippen molar-refractivity contribution in [2.24, 2.45) is 0 Å². The van der Waals surface area contributed by atoms with E-state index in [9.17, 15) is 9.50 Å². The first-order chi connectivity index (χ1) is 12.2. The molecule has 0 bridgehead atoms. The van der Waals surface area contributed by atoms with Gasteiger partial charge in [-0.15, -0.1) is 0 Å². The lowest BCUT2D eigenvalue weighted by Gasteiger charge is -2.16. The molecule has 0 radical (unpaired) electrons. The summed E-state index contributed by atoms with van der Waals surface area (Å²) in [6.07, 6.45) is -0.780. The van der Waals surface area contributed by atoms with Crippen LogP contribution < -0.4 is 10.1 Å². The van der Waals surface area contributed by atoms with E-state index in [1.165, 1.54) is 24.3 Å². The molecule has 1 heterocycles. The lowest BCUT2D eigenvalue weighted by Crippen LogP contribution is -2.25. The molecule has 1 unspecified atom stereocenters. The van der Waals surface area contributed by atoms with E-state index in [0.29, 0.717) is 18.2 Å². The zero-order valence-electron chi connectivity index (χ0n) is 13.6. The molecule has 1 atom stereocenters. The summed E-state index contributed by atoms with van der Waals surface area (Å²) in [5, 5.41) is 22.4. The van der Waals surface area contributed by atoms with Gasteiger partial charge >= 0.3 is 0 Å². The van der Waals surface area contributed by atoms with Crippen molar-refractivity contribution in [3.05, 3.63) is 54.3 Å². The largest absolute Gasteiger partial charge is 0.491 e. The number of halogens is 1. The number of nitrogens with zero attached hydrogens (tertiary/aromatic N) is 2. The van der Waals surface area contributed by atoms with Gasteiger partial charge in [0.25, 0.3) is 0 Å². The molecule has 3 aromatic rings. The first-order valence-electron chi connectivity index (χ1n) is 8.04. The quantitative estimate of drug-likeness (QED) is 0.582. The molecular formula is C18H20FN3O3. The number of hydrogen-bond donors (Lipinski definition) is 3. The molecule has 0 spiro atoms. The molecule has 0 aliphatic heterocycles. The Hall–Kier alpha value is -2.64. The maximum absolute atomic E-state index is 12.9. The molecule has 0 aliphatic carbocycles. The van der Waals surface area contributed by atoms with Gasteiger partial charge in [-0.2, -0.15) is 0 Å². The molecule has 6 nitrogen and oxygen atoms in total. The number of imidazole rings is 1. The second-order valence-corrected chi connectivity index (χ2v) is 5.60. The van der Waals surface area contributed by atoms with Gasteiger partial charge in [-0.1, -0.05) is 12.1 Å². The molecule has 3 rings (SSSR count). The van der Waals surface area contributed by atoms with E-state index in [0.717, 1.165) is 11.0 Å². The number of para-hydroxylation sites is 2. The second kappa shape index (κ2) is 7.96. The summed E-state index contributed by atoms with van der Waals surface area (Å²) < 4.78 is 20.2. The Morgan fingerprint density at radius 1 is 1.16 bits per heavy atom. The first-order valence-corrected chi connectivity index (χ1v) is 8.04. The van der Waals surface area contributed by atoms with Gasteiger partial charge in [-0.25, -0.2) is 9.37 Å². The summed E-state index contributed by atoms with van der Waals surface area (Å²) in [5.74, 6) is 0.739. The Kier molecular flexibility index (Phi) is 5.47. The fraction of sp³-hybridized carbons (Fsp3) is 0.278. The Labute approximate surface area is 144 Å². The van der Waals surface area contributed by atoms with Crippen molar-refractivity contribution < 1.29 is 19.3 Å². The van der Waals surface area contributed by atoms with Crippen LogP contribution in [0.25, 0.3) is 11.0 Å². The maximum Gasteiger partial charge on any atom is 0.204 e. The van der Waals surface area contributed by atoms with Gasteiger partial charge in [0.1, 0.15) is 24.3 Å². The zero-order valence-corrected chi connectivity index (χ0v) is 13.6. The number of benzene rings is 2. The van der Waals surface area contributed by atoms with Crippen LogP contribution >= 0.6 is 0 Å². The smallest absolute Gasteiger partial charge is 0.204 e. The molecule has 0 aliphatic rings. The van der Waals surface area contributed by atoms with Crippen LogP contribution in [0.4, 0.5) is 10.3 Å². The Morgan fingerprint density at radius 2 is 1.92 bits per heavy atom. The van der Waals surface area contributed by atoms with E-state index >= 15 is 0 Å². The van der Waals surface area contributed by atoms with Gasteiger partial charge in [-0.3, -0.25) is 0 Å². The molecule has 3 N–H and O–H groups in total. The summed E-state index contributed by atoms with van der Waals surface area (Å²) >= 11 is 0. The predicted octanol–water partition coefficient (Wildman–Crippen LogP) is 2.02. The summed E-state index contributed by atoms with van der Waals surface area (Å²) in [7, 11) is 0. The van der Waals surface area contributed by atoms with Crippen molar-refractivity contribution in [1.82, 2.24) is 9.55 Å². The van der Waals surface area contributed by atoms with Crippen molar-refractivity contribution in [3.8, 4) is 5.75 Å². The fourth-order valence-corrected chi connectivity index (χ4v) is 2.55. The van der Waals surface area contributed by atoms with E-state index in [1.807, 2.05) is 28.8 Å². The average Bonchev–Trinajstić information content (AvgIpc) is 2.97. The Balaban J connectivity index is 1.70. The number of aliphatic hydroxyl groups excluding tert-OH is 2. The molecule has 2 aromatic carbocycles. The molecule has 7 heteroatoms. The topological polar surface area (TPSA) is 79.5 Å². The van der Waals surface area contributed by atoms with Crippen molar-refractivity contribution in [3.63, 3.8) is 0 Å². The third kappa shape index (κ3) is 4.26. The fourth-order valence-electron chi connectivity index (χ4n) is 2.55. The van der Waals surface area contributed by atoms with Crippen molar-refractivity contribution >= 4 is 17.0 Å². The highest BCUT2D eigenvalue weighted by Crippen LogP contribution is 2.20. The number of aliphatic hydroxyl groups is 2. The van der Waals surface area contributed by atoms with E-state index in [-0.39, 0.29) is 25.6 Å². The molecule has 0 saturated carbocycles. The van der Waals surface area contributed by atoms with Crippen LogP contribution in [-0.4, -0.2) is 45.6 Å². The minimum absolute atomic E-state index is 0.0144. The standard InChI is InChI=1S/C18H20FN3O3/c19-13-5-7-15(8-6-13)25-12-14(24)11-22-17-4-2-1-3-16(17)21-18(22)20-9-10-23/h1-8,14,23-24H,9-12H2,(H,20,21). The van der Waals surface area contributed by atoms with Crippen LogP contribution in [0.2, 0.25) is 0 Å². The third-order valence-electron chi connectivity index (χ3n) is 3.70. The van der Waals surface area contributed by atoms with Gasteiger partial charge in [-0.05, 0) is 36.4 Å². The lowest BCUT2D eigenvalue weighted by atomic mass is 10.3. The van der Waals surface area contributed by atoms with E-state index in [4.69, 9.17) is 9.84 Å². The SMILES string of the molecule is OCCNc1nc2ccccc2n1CC(O)COc1ccc(F)cc1. The van der Waals surface area contributed by atoms with Gasteiger partial charge < -0.3 is 24.8 Å². The summed E-state index contributed by atoms with van der Waals surface area (Å²) in [6, 6.07) is 13.2. The molecule has 0 amide bonds. The first kappa shape index (κ1) is 17.2. The highest BCUT2D eigenvalue weighted by atomic mass is 19.1. The van der Waals surface area contributed by atoms with E-state index in [1.54, 1.807) is 0 Å². The minimum Gasteiger partial charge on any atom is -0.491 e. The van der Waals surface area contributed by atoms with Crippen molar-refractivity contribution in [2.75, 3.05) is 25.1 Å². The predicted molar refractivity (Wildman–Crippen MR) is 93.2 cm³/mol. The van der Waals surface area contributed by atoms with Crippen molar-refractivity contribution in [1.29, 1.82) is 0 Å². The summed E-state index contributed by atoms with van der Waals surface area (Å²) in [4.78, 5) is 4.48. The number of hydrogen-bond acceptors (Lipinski definition) is 5. The van der Waals surface area contributed by atoms with Crippen LogP contribution in [0.5, 0.6) is 5.75 Å². The molecule has 0 fully saturated rings. The molecule has 132 valence electrons. The molecule has 1 aromatic heterocycles. The number of anilines is 1. The van der Waals surface area contributed by atoms with Gasteiger partial charge in [0, 0.05) is 6.54 Å². The van der Waals surface area contributed by atoms with Crippen LogP contribution in [-0.2, 0) is 6.54 Å². The van der Waals surface area contributed by atoms with Crippen LogP contribution in [0.15, 0.2) is 48.5 Å². The van der Waals surface area contributed by atoms with E-state index < -0.39 is 6.10 Å². The highest BCUT2D eigenvalue weighted by Gasteiger charge is 2.14. The van der Waals surface area contributed by atoms with Crippen LogP contribution in [0, 0.1) is 5.82 Å². The number of ether oxygens (including phenoxy) is 1. The summed E-state index contributed by atoms with van der Waals surface area (Å²) in [6.45, 7) is 0.692. The van der Waals surface area contributed by atoms with Crippen LogP contribution in [0.3, 0.4) is 0 Å². The van der Waals surface area contributed by atoms with Gasteiger partial charge in [0.2, 0.25) is 5.95 Å². The number of rotatable bonds is 8. The van der Waals surface area contributed by atoms with Gasteiger partial charge in [0.15, 0.2) is 0 Å². The molecule has 0 saturated heterocycles.